The van der Waals surface area contributed by atoms with Crippen molar-refractivity contribution in [1.82, 2.24) is 15.6 Å². The molecule has 0 fully saturated rings. The number of hydrogen-bond donors (Lipinski definition) is 2. The van der Waals surface area contributed by atoms with Gasteiger partial charge in [-0.2, -0.15) is 0 Å². The van der Waals surface area contributed by atoms with Crippen molar-refractivity contribution >= 4 is 6.03 Å². The molecule has 0 aliphatic heterocycles. The van der Waals surface area contributed by atoms with Gasteiger partial charge in [-0.25, -0.2) is 9.78 Å². The largest absolute Gasteiger partial charge is 0.444 e. The molecule has 2 N–H and O–H groups in total. The molecule has 0 bridgehead atoms. The third-order valence-corrected chi connectivity index (χ3v) is 4.05. The predicted octanol–water partition coefficient (Wildman–Crippen LogP) is 4.00. The van der Waals surface area contributed by atoms with Crippen LogP contribution in [-0.4, -0.2) is 17.6 Å². The molecule has 0 aliphatic rings. The second kappa shape index (κ2) is 8.34. The fourth-order valence-corrected chi connectivity index (χ4v) is 2.62. The third kappa shape index (κ3) is 4.96. The molecule has 1 aromatic heterocycles. The van der Waals surface area contributed by atoms with Gasteiger partial charge >= 0.3 is 6.03 Å². The van der Waals surface area contributed by atoms with Gasteiger partial charge in [0.05, 0.1) is 5.69 Å². The lowest BCUT2D eigenvalue weighted by atomic mass is 10.1. The van der Waals surface area contributed by atoms with Crippen molar-refractivity contribution < 1.29 is 9.21 Å². The maximum Gasteiger partial charge on any atom is 0.315 e. The molecule has 0 saturated carbocycles. The number of rotatable bonds is 6. The quantitative estimate of drug-likeness (QED) is 0.707. The summed E-state index contributed by atoms with van der Waals surface area (Å²) in [6, 6.07) is 15.9. The first-order chi connectivity index (χ1) is 12.6. The van der Waals surface area contributed by atoms with Crippen molar-refractivity contribution in [3.63, 3.8) is 0 Å². The summed E-state index contributed by atoms with van der Waals surface area (Å²) < 4.78 is 5.53. The van der Waals surface area contributed by atoms with E-state index in [1.807, 2.05) is 56.3 Å². The number of nitrogens with zero attached hydrogens (tertiary/aromatic N) is 1. The molecule has 1 heterocycles. The molecule has 0 unspecified atom stereocenters. The summed E-state index contributed by atoms with van der Waals surface area (Å²) in [6.45, 7) is 5.08. The number of aromatic nitrogens is 1. The van der Waals surface area contributed by atoms with Crippen molar-refractivity contribution in [3.8, 4) is 11.5 Å². The topological polar surface area (TPSA) is 67.2 Å². The van der Waals surface area contributed by atoms with Crippen molar-refractivity contribution in [3.05, 3.63) is 77.2 Å². The Kier molecular flexibility index (Phi) is 5.69. The predicted molar refractivity (Wildman–Crippen MR) is 102 cm³/mol. The summed E-state index contributed by atoms with van der Waals surface area (Å²) >= 11 is 0. The van der Waals surface area contributed by atoms with Crippen LogP contribution in [0.3, 0.4) is 0 Å². The first kappa shape index (κ1) is 17.7. The van der Waals surface area contributed by atoms with E-state index >= 15 is 0 Å². The Hall–Kier alpha value is -3.08. The van der Waals surface area contributed by atoms with Gasteiger partial charge in [-0.15, -0.1) is 0 Å². The molecule has 0 radical (unpaired) electrons. The number of oxazole rings is 1. The fourth-order valence-electron chi connectivity index (χ4n) is 2.62. The molecule has 26 heavy (non-hydrogen) atoms. The van der Waals surface area contributed by atoms with E-state index in [0.717, 1.165) is 16.8 Å². The summed E-state index contributed by atoms with van der Waals surface area (Å²) in [5, 5.41) is 5.70. The lowest BCUT2D eigenvalue weighted by molar-refractivity contribution is 0.240. The van der Waals surface area contributed by atoms with Gasteiger partial charge in [0, 0.05) is 25.1 Å². The molecular weight excluding hydrogens is 326 g/mol. The highest BCUT2D eigenvalue weighted by Crippen LogP contribution is 2.19. The fraction of sp³-hybridized carbons (Fsp3) is 0.238. The summed E-state index contributed by atoms with van der Waals surface area (Å²) in [7, 11) is 0. The number of carbonyl (C=O) groups is 1. The van der Waals surface area contributed by atoms with Crippen molar-refractivity contribution in [2.24, 2.45) is 0 Å². The van der Waals surface area contributed by atoms with E-state index in [2.05, 4.69) is 21.7 Å². The smallest absolute Gasteiger partial charge is 0.315 e. The van der Waals surface area contributed by atoms with Gasteiger partial charge < -0.3 is 15.1 Å². The Balaban J connectivity index is 1.43. The van der Waals surface area contributed by atoms with Gasteiger partial charge in [-0.1, -0.05) is 47.5 Å². The molecule has 5 heteroatoms. The van der Waals surface area contributed by atoms with Crippen LogP contribution in [0, 0.1) is 13.8 Å². The van der Waals surface area contributed by atoms with Crippen LogP contribution in [0.2, 0.25) is 0 Å². The Morgan fingerprint density at radius 3 is 2.62 bits per heavy atom. The first-order valence-electron chi connectivity index (χ1n) is 8.69. The molecule has 3 aromatic rings. The van der Waals surface area contributed by atoms with Gasteiger partial charge in [0.1, 0.15) is 6.26 Å². The molecule has 0 atom stereocenters. The number of hydrogen-bond acceptors (Lipinski definition) is 3. The van der Waals surface area contributed by atoms with Gasteiger partial charge in [0.25, 0.3) is 0 Å². The van der Waals surface area contributed by atoms with Gasteiger partial charge in [0.2, 0.25) is 5.89 Å². The van der Waals surface area contributed by atoms with Crippen LogP contribution in [-0.2, 0) is 13.0 Å². The van der Waals surface area contributed by atoms with Crippen LogP contribution in [0.1, 0.15) is 22.4 Å². The molecule has 5 nitrogen and oxygen atoms in total. The van der Waals surface area contributed by atoms with Crippen LogP contribution in [0.15, 0.2) is 59.2 Å². The highest BCUT2D eigenvalue weighted by atomic mass is 16.3. The van der Waals surface area contributed by atoms with E-state index in [-0.39, 0.29) is 6.03 Å². The minimum Gasteiger partial charge on any atom is -0.444 e. The van der Waals surface area contributed by atoms with Crippen LogP contribution in [0.25, 0.3) is 11.5 Å². The maximum atomic E-state index is 11.9. The number of carbonyl (C=O) groups excluding carboxylic acids is 1. The van der Waals surface area contributed by atoms with Crippen LogP contribution in [0.4, 0.5) is 4.79 Å². The number of nitrogens with one attached hydrogen (secondary N) is 2. The second-order valence-corrected chi connectivity index (χ2v) is 6.36. The van der Waals surface area contributed by atoms with E-state index in [1.165, 1.54) is 11.1 Å². The molecule has 0 spiro atoms. The summed E-state index contributed by atoms with van der Waals surface area (Å²) in [5.74, 6) is 0.601. The minimum absolute atomic E-state index is 0.186. The molecule has 2 amide bonds. The summed E-state index contributed by atoms with van der Waals surface area (Å²) in [5.41, 5.74) is 5.23. The van der Waals surface area contributed by atoms with E-state index in [1.54, 1.807) is 6.26 Å². The Bertz CT molecular complexity index is 869. The van der Waals surface area contributed by atoms with Crippen LogP contribution >= 0.6 is 0 Å². The Morgan fingerprint density at radius 2 is 1.85 bits per heavy atom. The lowest BCUT2D eigenvalue weighted by Gasteiger charge is -2.07. The molecule has 0 saturated heterocycles. The SMILES string of the molecule is Cc1ccc(-c2nc(CCNC(=O)NCc3cccc(C)c3)co2)cc1. The first-order valence-corrected chi connectivity index (χ1v) is 8.69. The highest BCUT2D eigenvalue weighted by molar-refractivity contribution is 5.73. The van der Waals surface area contributed by atoms with Gasteiger partial charge in [0.15, 0.2) is 0 Å². The average molecular weight is 349 g/mol. The Labute approximate surface area is 153 Å². The van der Waals surface area contributed by atoms with E-state index < -0.39 is 0 Å². The normalized spacial score (nSPS) is 10.5. The maximum absolute atomic E-state index is 11.9. The monoisotopic (exact) mass is 349 g/mol. The molecule has 0 aliphatic carbocycles. The molecule has 134 valence electrons. The summed E-state index contributed by atoms with van der Waals surface area (Å²) in [6.07, 6.45) is 2.26. The van der Waals surface area contributed by atoms with Crippen molar-refractivity contribution in [1.29, 1.82) is 0 Å². The number of amides is 2. The van der Waals surface area contributed by atoms with Gasteiger partial charge in [-0.3, -0.25) is 0 Å². The zero-order chi connectivity index (χ0) is 18.4. The minimum atomic E-state index is -0.186. The summed E-state index contributed by atoms with van der Waals surface area (Å²) in [4.78, 5) is 16.4. The van der Waals surface area contributed by atoms with E-state index in [9.17, 15) is 4.79 Å². The lowest BCUT2D eigenvalue weighted by Crippen LogP contribution is -2.36. The number of aryl methyl sites for hydroxylation is 2. The molecular formula is C21H23N3O2. The average Bonchev–Trinajstić information content (AvgIpc) is 3.09. The van der Waals surface area contributed by atoms with Crippen LogP contribution < -0.4 is 10.6 Å². The highest BCUT2D eigenvalue weighted by Gasteiger charge is 2.07. The Morgan fingerprint density at radius 1 is 1.04 bits per heavy atom. The third-order valence-electron chi connectivity index (χ3n) is 4.05. The van der Waals surface area contributed by atoms with Crippen molar-refractivity contribution in [2.45, 2.75) is 26.8 Å². The number of benzene rings is 2. The van der Waals surface area contributed by atoms with E-state index in [4.69, 9.17) is 4.42 Å². The second-order valence-electron chi connectivity index (χ2n) is 6.36. The zero-order valence-corrected chi connectivity index (χ0v) is 15.1. The number of urea groups is 1. The van der Waals surface area contributed by atoms with Gasteiger partial charge in [-0.05, 0) is 31.5 Å². The molecule has 3 rings (SSSR count). The van der Waals surface area contributed by atoms with Crippen LogP contribution in [0.5, 0.6) is 0 Å². The standard InChI is InChI=1S/C21H23N3O2/c1-15-6-8-18(9-7-15)20-24-19(14-26-20)10-11-22-21(25)23-13-17-5-3-4-16(2)12-17/h3-9,12,14H,10-11,13H2,1-2H3,(H2,22,23,25). The van der Waals surface area contributed by atoms with E-state index in [0.29, 0.717) is 25.4 Å². The van der Waals surface area contributed by atoms with Crippen molar-refractivity contribution in [2.75, 3.05) is 6.54 Å². The zero-order valence-electron chi connectivity index (χ0n) is 15.1. The molecule has 2 aromatic carbocycles.